The zero-order valence-electron chi connectivity index (χ0n) is 15.2. The Morgan fingerprint density at radius 2 is 1.86 bits per heavy atom. The second-order valence-corrected chi connectivity index (χ2v) is 8.58. The van der Waals surface area contributed by atoms with E-state index in [1.54, 1.807) is 0 Å². The van der Waals surface area contributed by atoms with E-state index < -0.39 is 10.0 Å². The van der Waals surface area contributed by atoms with Crippen LogP contribution in [0.2, 0.25) is 5.02 Å². The van der Waals surface area contributed by atoms with E-state index >= 15 is 0 Å². The molecule has 28 heavy (non-hydrogen) atoms. The average Bonchev–Trinajstić information content (AvgIpc) is 2.67. The van der Waals surface area contributed by atoms with Gasteiger partial charge in [-0.3, -0.25) is 9.69 Å². The molecule has 0 aromatic heterocycles. The van der Waals surface area contributed by atoms with Crippen molar-refractivity contribution in [3.05, 3.63) is 59.1 Å². The van der Waals surface area contributed by atoms with Gasteiger partial charge in [0.15, 0.2) is 0 Å². The Bertz CT molecular complexity index is 917. The van der Waals surface area contributed by atoms with Crippen LogP contribution < -0.4 is 10.5 Å². The van der Waals surface area contributed by atoms with Crippen molar-refractivity contribution < 1.29 is 17.9 Å². The lowest BCUT2D eigenvalue weighted by Crippen LogP contribution is -2.39. The highest BCUT2D eigenvalue weighted by Gasteiger charge is 2.22. The summed E-state index contributed by atoms with van der Waals surface area (Å²) in [7, 11) is -3.74. The molecule has 0 spiro atoms. The van der Waals surface area contributed by atoms with Gasteiger partial charge < -0.3 is 10.1 Å². The summed E-state index contributed by atoms with van der Waals surface area (Å²) < 4.78 is 28.3. The number of amides is 1. The smallest absolute Gasteiger partial charge is 0.238 e. The van der Waals surface area contributed by atoms with Crippen LogP contribution in [-0.4, -0.2) is 45.5 Å². The molecule has 150 valence electrons. The van der Waals surface area contributed by atoms with Gasteiger partial charge in [0.2, 0.25) is 15.9 Å². The molecule has 0 aliphatic carbocycles. The summed E-state index contributed by atoms with van der Waals surface area (Å²) in [4.78, 5) is 14.4. The van der Waals surface area contributed by atoms with Gasteiger partial charge in [-0.2, -0.15) is 0 Å². The molecule has 2 aromatic rings. The summed E-state index contributed by atoms with van der Waals surface area (Å²) in [6.07, 6.45) is 0.282. The van der Waals surface area contributed by atoms with Gasteiger partial charge in [0.1, 0.15) is 0 Å². The number of carbonyl (C=O) groups is 1. The van der Waals surface area contributed by atoms with Gasteiger partial charge in [0.25, 0.3) is 0 Å². The van der Waals surface area contributed by atoms with Crippen molar-refractivity contribution in [1.29, 1.82) is 0 Å². The topological polar surface area (TPSA) is 102 Å². The number of hydrogen-bond acceptors (Lipinski definition) is 5. The van der Waals surface area contributed by atoms with E-state index in [1.807, 2.05) is 24.3 Å². The molecule has 0 saturated carbocycles. The van der Waals surface area contributed by atoms with Crippen molar-refractivity contribution in [3.63, 3.8) is 0 Å². The quantitative estimate of drug-likeness (QED) is 0.742. The minimum atomic E-state index is -3.74. The molecule has 1 amide bonds. The third-order valence-electron chi connectivity index (χ3n) is 4.51. The van der Waals surface area contributed by atoms with Gasteiger partial charge >= 0.3 is 0 Å². The summed E-state index contributed by atoms with van der Waals surface area (Å²) in [5.41, 5.74) is 1.59. The first-order valence-corrected chi connectivity index (χ1v) is 10.8. The van der Waals surface area contributed by atoms with Gasteiger partial charge in [-0.1, -0.05) is 23.7 Å². The fourth-order valence-corrected chi connectivity index (χ4v) is 3.64. The Hall–Kier alpha value is -1.97. The maximum Gasteiger partial charge on any atom is 0.238 e. The molecule has 9 heteroatoms. The Labute approximate surface area is 169 Å². The molecular weight excluding hydrogens is 402 g/mol. The summed E-state index contributed by atoms with van der Waals surface area (Å²) >= 11 is 5.93. The van der Waals surface area contributed by atoms with Crippen LogP contribution in [0, 0.1) is 0 Å². The molecular formula is C19H22ClN3O4S. The number of morpholine rings is 1. The number of anilines is 1. The van der Waals surface area contributed by atoms with Crippen molar-refractivity contribution >= 4 is 33.2 Å². The first-order chi connectivity index (χ1) is 13.3. The van der Waals surface area contributed by atoms with E-state index in [2.05, 4.69) is 10.2 Å². The van der Waals surface area contributed by atoms with Gasteiger partial charge in [-0.15, -0.1) is 0 Å². The molecule has 1 atom stereocenters. The molecule has 0 radical (unpaired) electrons. The Morgan fingerprint density at radius 3 is 2.50 bits per heavy atom. The minimum absolute atomic E-state index is 0.00653. The van der Waals surface area contributed by atoms with Crippen molar-refractivity contribution in [1.82, 2.24) is 4.90 Å². The van der Waals surface area contributed by atoms with Crippen LogP contribution in [0.3, 0.4) is 0 Å². The highest BCUT2D eigenvalue weighted by Crippen LogP contribution is 2.23. The highest BCUT2D eigenvalue weighted by atomic mass is 35.5. The number of sulfonamides is 1. The number of rotatable bonds is 6. The van der Waals surface area contributed by atoms with E-state index in [1.165, 1.54) is 24.3 Å². The molecule has 1 aliphatic rings. The number of nitrogens with two attached hydrogens (primary N) is 1. The lowest BCUT2D eigenvalue weighted by atomic mass is 10.1. The monoisotopic (exact) mass is 423 g/mol. The van der Waals surface area contributed by atoms with Crippen molar-refractivity contribution in [3.8, 4) is 0 Å². The molecule has 0 bridgehead atoms. The second-order valence-electron chi connectivity index (χ2n) is 6.58. The van der Waals surface area contributed by atoms with Crippen LogP contribution in [0.4, 0.5) is 5.69 Å². The average molecular weight is 424 g/mol. The predicted octanol–water partition coefficient (Wildman–Crippen LogP) is 2.39. The predicted molar refractivity (Wildman–Crippen MR) is 108 cm³/mol. The van der Waals surface area contributed by atoms with E-state index in [4.69, 9.17) is 21.5 Å². The third-order valence-corrected chi connectivity index (χ3v) is 5.70. The van der Waals surface area contributed by atoms with Crippen LogP contribution in [-0.2, 0) is 19.6 Å². The molecule has 1 fully saturated rings. The van der Waals surface area contributed by atoms with Crippen LogP contribution >= 0.6 is 11.6 Å². The first kappa shape index (κ1) is 20.8. The molecule has 1 unspecified atom stereocenters. The zero-order chi connectivity index (χ0) is 20.1. The normalized spacial score (nSPS) is 18.0. The van der Waals surface area contributed by atoms with Crippen molar-refractivity contribution in [2.75, 3.05) is 31.6 Å². The maximum absolute atomic E-state index is 12.2. The molecule has 2 aromatic carbocycles. The van der Waals surface area contributed by atoms with Gasteiger partial charge in [0.05, 0.1) is 17.6 Å². The number of hydrogen-bond donors (Lipinski definition) is 2. The standard InChI is InChI=1S/C19H22ClN3O4S/c20-15-3-1-14(2-4-15)18-13-23(11-12-27-18)10-9-19(24)22-16-5-7-17(8-6-16)28(21,25)26/h1-8,18H,9-13H2,(H,22,24)(H2,21,25,26). The van der Waals surface area contributed by atoms with E-state index in [0.29, 0.717) is 36.8 Å². The number of benzene rings is 2. The number of halogens is 1. The van der Waals surface area contributed by atoms with Crippen LogP contribution in [0.15, 0.2) is 53.4 Å². The van der Waals surface area contributed by atoms with Crippen LogP contribution in [0.1, 0.15) is 18.1 Å². The summed E-state index contributed by atoms with van der Waals surface area (Å²) in [5.74, 6) is -0.141. The van der Waals surface area contributed by atoms with E-state index in [0.717, 1.165) is 12.1 Å². The Kier molecular flexibility index (Phi) is 6.69. The summed E-state index contributed by atoms with van der Waals surface area (Å²) in [6, 6.07) is 13.4. The van der Waals surface area contributed by atoms with Gasteiger partial charge in [0, 0.05) is 36.8 Å². The SMILES string of the molecule is NS(=O)(=O)c1ccc(NC(=O)CCN2CCOC(c3ccc(Cl)cc3)C2)cc1. The van der Waals surface area contributed by atoms with Gasteiger partial charge in [-0.05, 0) is 42.0 Å². The van der Waals surface area contributed by atoms with Crippen LogP contribution in [0.25, 0.3) is 0 Å². The lowest BCUT2D eigenvalue weighted by molar-refractivity contribution is -0.117. The number of primary sulfonamides is 1. The maximum atomic E-state index is 12.2. The van der Waals surface area contributed by atoms with Crippen molar-refractivity contribution in [2.24, 2.45) is 5.14 Å². The van der Waals surface area contributed by atoms with Crippen molar-refractivity contribution in [2.45, 2.75) is 17.4 Å². The third kappa shape index (κ3) is 5.76. The second kappa shape index (κ2) is 9.02. The number of carbonyl (C=O) groups excluding carboxylic acids is 1. The molecule has 1 aliphatic heterocycles. The number of ether oxygens (including phenoxy) is 1. The summed E-state index contributed by atoms with van der Waals surface area (Å²) in [5, 5.41) is 8.51. The minimum Gasteiger partial charge on any atom is -0.371 e. The fourth-order valence-electron chi connectivity index (χ4n) is 3.00. The first-order valence-electron chi connectivity index (χ1n) is 8.83. The lowest BCUT2D eigenvalue weighted by Gasteiger charge is -2.33. The van der Waals surface area contributed by atoms with E-state index in [-0.39, 0.29) is 16.9 Å². The van der Waals surface area contributed by atoms with Crippen LogP contribution in [0.5, 0.6) is 0 Å². The van der Waals surface area contributed by atoms with Gasteiger partial charge in [-0.25, -0.2) is 13.6 Å². The largest absolute Gasteiger partial charge is 0.371 e. The molecule has 1 saturated heterocycles. The highest BCUT2D eigenvalue weighted by molar-refractivity contribution is 7.89. The molecule has 3 rings (SSSR count). The molecule has 3 N–H and O–H groups in total. The number of nitrogens with zero attached hydrogens (tertiary/aromatic N) is 1. The Morgan fingerprint density at radius 1 is 1.18 bits per heavy atom. The fraction of sp³-hybridized carbons (Fsp3) is 0.316. The molecule has 1 heterocycles. The zero-order valence-corrected chi connectivity index (χ0v) is 16.7. The Balaban J connectivity index is 1.49. The molecule has 7 nitrogen and oxygen atoms in total. The van der Waals surface area contributed by atoms with E-state index in [9.17, 15) is 13.2 Å². The summed E-state index contributed by atoms with van der Waals surface area (Å²) in [6.45, 7) is 2.68. The number of nitrogens with one attached hydrogen (secondary N) is 1.